The summed E-state index contributed by atoms with van der Waals surface area (Å²) in [7, 11) is 0. The van der Waals surface area contributed by atoms with Crippen LogP contribution < -0.4 is 11.1 Å². The smallest absolute Gasteiger partial charge is 0.224 e. The maximum Gasteiger partial charge on any atom is 0.224 e. The number of fused-ring (bicyclic) bond motifs is 1. The average Bonchev–Trinajstić information content (AvgIpc) is 2.70. The molecule has 0 atom stereocenters. The highest BCUT2D eigenvalue weighted by atomic mass is 32.1. The highest BCUT2D eigenvalue weighted by Crippen LogP contribution is 2.29. The molecule has 0 radical (unpaired) electrons. The fourth-order valence-electron chi connectivity index (χ4n) is 2.05. The minimum Gasteiger partial charge on any atom is -0.375 e. The van der Waals surface area contributed by atoms with Gasteiger partial charge in [0.25, 0.3) is 0 Å². The molecule has 1 amide bonds. The van der Waals surface area contributed by atoms with Crippen LogP contribution in [0.3, 0.4) is 0 Å². The summed E-state index contributed by atoms with van der Waals surface area (Å²) in [6.07, 6.45) is 3.74. The summed E-state index contributed by atoms with van der Waals surface area (Å²) in [4.78, 5) is 16.1. The number of amides is 1. The molecule has 0 aliphatic rings. The summed E-state index contributed by atoms with van der Waals surface area (Å²) in [5.41, 5.74) is 8.50. The third kappa shape index (κ3) is 3.44. The quantitative estimate of drug-likeness (QED) is 0.819. The van der Waals surface area contributed by atoms with Gasteiger partial charge in [0.15, 0.2) is 5.13 Å². The normalized spacial score (nSPS) is 10.8. The number of hydrogen-bond acceptors (Lipinski definition) is 4. The highest BCUT2D eigenvalue weighted by Gasteiger charge is 2.08. The largest absolute Gasteiger partial charge is 0.375 e. The second-order valence-corrected chi connectivity index (χ2v) is 5.76. The molecule has 102 valence electrons. The maximum absolute atomic E-state index is 11.8. The monoisotopic (exact) mass is 277 g/mol. The fraction of sp³-hybridized carbons (Fsp3) is 0.429. The summed E-state index contributed by atoms with van der Waals surface area (Å²) < 4.78 is 1.02. The topological polar surface area (TPSA) is 68.0 Å². The first-order valence-electron chi connectivity index (χ1n) is 6.56. The van der Waals surface area contributed by atoms with E-state index in [1.54, 1.807) is 0 Å². The number of thiazole rings is 1. The molecule has 1 aromatic carbocycles. The van der Waals surface area contributed by atoms with E-state index in [-0.39, 0.29) is 5.91 Å². The van der Waals surface area contributed by atoms with E-state index in [1.807, 2.05) is 19.1 Å². The molecule has 0 fully saturated rings. The Morgan fingerprint density at radius 2 is 2.21 bits per heavy atom. The van der Waals surface area contributed by atoms with Gasteiger partial charge in [-0.1, -0.05) is 31.1 Å². The van der Waals surface area contributed by atoms with E-state index in [0.29, 0.717) is 11.6 Å². The standard InChI is InChI=1S/C14H19N3OS/c1-3-4-5-6-12(18)16-10-7-9(2)13-11(8-10)19-14(15)17-13/h7-8H,3-6H2,1-2H3,(H2,15,17)(H,16,18). The lowest BCUT2D eigenvalue weighted by Crippen LogP contribution is -2.11. The Labute approximate surface area is 117 Å². The molecule has 0 saturated carbocycles. The summed E-state index contributed by atoms with van der Waals surface area (Å²) in [6.45, 7) is 4.11. The number of benzene rings is 1. The van der Waals surface area contributed by atoms with Crippen molar-refractivity contribution in [2.45, 2.75) is 39.5 Å². The first kappa shape index (κ1) is 13.8. The van der Waals surface area contributed by atoms with Crippen molar-refractivity contribution in [3.8, 4) is 0 Å². The number of aromatic nitrogens is 1. The predicted octanol–water partition coefficient (Wildman–Crippen LogP) is 3.71. The van der Waals surface area contributed by atoms with Crippen LogP contribution >= 0.6 is 11.3 Å². The SMILES string of the molecule is CCCCCC(=O)Nc1cc(C)c2nc(N)sc2c1. The van der Waals surface area contributed by atoms with Crippen molar-refractivity contribution in [3.05, 3.63) is 17.7 Å². The molecule has 0 saturated heterocycles. The van der Waals surface area contributed by atoms with Crippen molar-refractivity contribution < 1.29 is 4.79 Å². The van der Waals surface area contributed by atoms with Crippen LogP contribution in [0.25, 0.3) is 10.2 Å². The average molecular weight is 277 g/mol. The van der Waals surface area contributed by atoms with Gasteiger partial charge in [0, 0.05) is 12.1 Å². The van der Waals surface area contributed by atoms with Gasteiger partial charge >= 0.3 is 0 Å². The van der Waals surface area contributed by atoms with Crippen LogP contribution in [0.5, 0.6) is 0 Å². The van der Waals surface area contributed by atoms with Gasteiger partial charge in [0.1, 0.15) is 0 Å². The van der Waals surface area contributed by atoms with E-state index >= 15 is 0 Å². The molecule has 19 heavy (non-hydrogen) atoms. The zero-order chi connectivity index (χ0) is 13.8. The van der Waals surface area contributed by atoms with Crippen LogP contribution in [0.2, 0.25) is 0 Å². The van der Waals surface area contributed by atoms with Crippen LogP contribution in [-0.2, 0) is 4.79 Å². The Morgan fingerprint density at radius 3 is 2.95 bits per heavy atom. The molecule has 0 spiro atoms. The highest BCUT2D eigenvalue weighted by molar-refractivity contribution is 7.22. The van der Waals surface area contributed by atoms with Crippen molar-refractivity contribution in [3.63, 3.8) is 0 Å². The Hall–Kier alpha value is -1.62. The molecule has 1 aromatic heterocycles. The van der Waals surface area contributed by atoms with E-state index < -0.39 is 0 Å². The van der Waals surface area contributed by atoms with Crippen LogP contribution in [-0.4, -0.2) is 10.9 Å². The molecule has 2 rings (SSSR count). The van der Waals surface area contributed by atoms with Crippen LogP contribution in [0, 0.1) is 6.92 Å². The number of nitrogens with zero attached hydrogens (tertiary/aromatic N) is 1. The Morgan fingerprint density at radius 1 is 1.42 bits per heavy atom. The van der Waals surface area contributed by atoms with Gasteiger partial charge in [-0.15, -0.1) is 0 Å². The summed E-state index contributed by atoms with van der Waals surface area (Å²) in [6, 6.07) is 3.88. The number of rotatable bonds is 5. The van der Waals surface area contributed by atoms with Crippen LogP contribution in [0.15, 0.2) is 12.1 Å². The summed E-state index contributed by atoms with van der Waals surface area (Å²) in [5.74, 6) is 0.0738. The number of nitrogens with one attached hydrogen (secondary N) is 1. The van der Waals surface area contributed by atoms with E-state index in [1.165, 1.54) is 11.3 Å². The zero-order valence-electron chi connectivity index (χ0n) is 11.3. The molecule has 2 aromatic rings. The minimum absolute atomic E-state index is 0.0738. The Kier molecular flexibility index (Phi) is 4.37. The summed E-state index contributed by atoms with van der Waals surface area (Å²) >= 11 is 1.44. The van der Waals surface area contributed by atoms with Crippen molar-refractivity contribution in [1.29, 1.82) is 0 Å². The van der Waals surface area contributed by atoms with Crippen LogP contribution in [0.4, 0.5) is 10.8 Å². The number of anilines is 2. The molecule has 0 aliphatic carbocycles. The number of hydrogen-bond donors (Lipinski definition) is 2. The molecule has 0 bridgehead atoms. The molecular weight excluding hydrogens is 258 g/mol. The minimum atomic E-state index is 0.0738. The van der Waals surface area contributed by atoms with Gasteiger partial charge in [-0.2, -0.15) is 0 Å². The number of carbonyl (C=O) groups excluding carboxylic acids is 1. The van der Waals surface area contributed by atoms with Crippen molar-refractivity contribution >= 4 is 38.3 Å². The van der Waals surface area contributed by atoms with E-state index in [4.69, 9.17) is 5.73 Å². The molecule has 0 aliphatic heterocycles. The third-order valence-electron chi connectivity index (χ3n) is 2.99. The second-order valence-electron chi connectivity index (χ2n) is 4.70. The summed E-state index contributed by atoms with van der Waals surface area (Å²) in [5, 5.41) is 3.50. The number of carbonyl (C=O) groups is 1. The Bertz CT molecular complexity index is 592. The van der Waals surface area contributed by atoms with Gasteiger partial charge in [-0.3, -0.25) is 4.79 Å². The molecule has 1 heterocycles. The van der Waals surface area contributed by atoms with E-state index in [0.717, 1.165) is 40.7 Å². The fourth-order valence-corrected chi connectivity index (χ4v) is 2.90. The van der Waals surface area contributed by atoms with Gasteiger partial charge < -0.3 is 11.1 Å². The lowest BCUT2D eigenvalue weighted by Gasteiger charge is -2.06. The lowest BCUT2D eigenvalue weighted by molar-refractivity contribution is -0.116. The zero-order valence-corrected chi connectivity index (χ0v) is 12.1. The van der Waals surface area contributed by atoms with E-state index in [2.05, 4.69) is 17.2 Å². The van der Waals surface area contributed by atoms with Gasteiger partial charge in [-0.05, 0) is 31.0 Å². The third-order valence-corrected chi connectivity index (χ3v) is 3.82. The number of unbranched alkanes of at least 4 members (excludes halogenated alkanes) is 2. The number of nitrogen functional groups attached to an aromatic ring is 1. The molecule has 3 N–H and O–H groups in total. The molecule has 4 nitrogen and oxygen atoms in total. The number of nitrogens with two attached hydrogens (primary N) is 1. The maximum atomic E-state index is 11.8. The van der Waals surface area contributed by atoms with Gasteiger partial charge in [0.05, 0.1) is 10.2 Å². The van der Waals surface area contributed by atoms with Gasteiger partial charge in [0.2, 0.25) is 5.91 Å². The van der Waals surface area contributed by atoms with Crippen LogP contribution in [0.1, 0.15) is 38.2 Å². The van der Waals surface area contributed by atoms with E-state index in [9.17, 15) is 4.79 Å². The first-order valence-corrected chi connectivity index (χ1v) is 7.38. The predicted molar refractivity (Wildman–Crippen MR) is 81.5 cm³/mol. The molecule has 5 heteroatoms. The van der Waals surface area contributed by atoms with Crippen molar-refractivity contribution in [1.82, 2.24) is 4.98 Å². The van der Waals surface area contributed by atoms with Crippen molar-refractivity contribution in [2.24, 2.45) is 0 Å². The molecule has 0 unspecified atom stereocenters. The lowest BCUT2D eigenvalue weighted by atomic mass is 10.1. The number of aryl methyl sites for hydroxylation is 1. The van der Waals surface area contributed by atoms with Crippen molar-refractivity contribution in [2.75, 3.05) is 11.1 Å². The molecular formula is C14H19N3OS. The first-order chi connectivity index (χ1) is 9.10. The second kappa shape index (κ2) is 6.02. The van der Waals surface area contributed by atoms with Gasteiger partial charge in [-0.25, -0.2) is 4.98 Å². The Balaban J connectivity index is 2.10.